The summed E-state index contributed by atoms with van der Waals surface area (Å²) in [4.78, 5) is 17.6. The predicted molar refractivity (Wildman–Crippen MR) is 130 cm³/mol. The van der Waals surface area contributed by atoms with Crippen molar-refractivity contribution in [3.8, 4) is 11.5 Å². The molecule has 4 rings (SSSR count). The molecule has 0 aliphatic carbocycles. The number of piperidine rings is 1. The van der Waals surface area contributed by atoms with Crippen LogP contribution in [-0.2, 0) is 11.0 Å². The van der Waals surface area contributed by atoms with E-state index in [4.69, 9.17) is 9.47 Å². The number of anilines is 1. The van der Waals surface area contributed by atoms with E-state index in [0.717, 1.165) is 36.5 Å². The van der Waals surface area contributed by atoms with E-state index in [1.54, 1.807) is 12.0 Å². The van der Waals surface area contributed by atoms with Gasteiger partial charge in [-0.15, -0.1) is 0 Å². The summed E-state index contributed by atoms with van der Waals surface area (Å²) in [6.07, 6.45) is -3.17. The van der Waals surface area contributed by atoms with Gasteiger partial charge in [0.05, 0.1) is 18.4 Å². The van der Waals surface area contributed by atoms with E-state index in [0.29, 0.717) is 39.1 Å². The largest absolute Gasteiger partial charge is 0.495 e. The van der Waals surface area contributed by atoms with Crippen molar-refractivity contribution in [1.29, 1.82) is 0 Å². The average molecular weight is 494 g/mol. The van der Waals surface area contributed by atoms with Gasteiger partial charge >= 0.3 is 6.18 Å². The van der Waals surface area contributed by atoms with Gasteiger partial charge in [0.1, 0.15) is 11.5 Å². The second-order valence-electron chi connectivity index (χ2n) is 8.35. The molecule has 2 aliphatic rings. The SMILES string of the molecule is CC.COc1ccccc1N1CCN(C(=O)C2(Oc3ccc(C(F)(F)F)cc3)CCCNC2)CC1. The number of para-hydroxylation sites is 2. The number of nitrogens with one attached hydrogen (secondary N) is 1. The van der Waals surface area contributed by atoms with E-state index in [2.05, 4.69) is 10.2 Å². The van der Waals surface area contributed by atoms with Crippen molar-refractivity contribution in [2.75, 3.05) is 51.3 Å². The lowest BCUT2D eigenvalue weighted by atomic mass is 9.91. The number of piperazine rings is 1. The Morgan fingerprint density at radius 3 is 2.23 bits per heavy atom. The Hall–Kier alpha value is -2.94. The molecule has 1 atom stereocenters. The van der Waals surface area contributed by atoms with E-state index in [9.17, 15) is 18.0 Å². The molecule has 2 heterocycles. The van der Waals surface area contributed by atoms with Crippen LogP contribution in [-0.4, -0.2) is 62.8 Å². The van der Waals surface area contributed by atoms with E-state index in [1.165, 1.54) is 12.1 Å². The number of hydrogen-bond acceptors (Lipinski definition) is 5. The number of rotatable bonds is 5. The van der Waals surface area contributed by atoms with Crippen LogP contribution in [0.1, 0.15) is 32.3 Å². The first-order chi connectivity index (χ1) is 16.8. The molecule has 1 N–H and O–H groups in total. The fraction of sp³-hybridized carbons (Fsp3) is 0.500. The monoisotopic (exact) mass is 493 g/mol. The zero-order valence-corrected chi connectivity index (χ0v) is 20.5. The summed E-state index contributed by atoms with van der Waals surface area (Å²) in [5, 5.41) is 3.22. The Labute approximate surface area is 205 Å². The molecule has 2 aromatic carbocycles. The first-order valence-corrected chi connectivity index (χ1v) is 12.1. The summed E-state index contributed by atoms with van der Waals surface area (Å²) in [5.74, 6) is 0.915. The number of nitrogens with zero attached hydrogens (tertiary/aromatic N) is 2. The van der Waals surface area contributed by atoms with Gasteiger partial charge in [-0.25, -0.2) is 0 Å². The molecule has 0 saturated carbocycles. The minimum absolute atomic E-state index is 0.130. The molecule has 2 fully saturated rings. The third kappa shape index (κ3) is 6.20. The number of alkyl halides is 3. The lowest BCUT2D eigenvalue weighted by Gasteiger charge is -2.43. The summed E-state index contributed by atoms with van der Waals surface area (Å²) in [7, 11) is 1.64. The van der Waals surface area contributed by atoms with Gasteiger partial charge in [-0.3, -0.25) is 4.79 Å². The van der Waals surface area contributed by atoms with E-state index in [-0.39, 0.29) is 11.7 Å². The van der Waals surface area contributed by atoms with Crippen LogP contribution in [0.2, 0.25) is 0 Å². The first-order valence-electron chi connectivity index (χ1n) is 12.1. The zero-order valence-electron chi connectivity index (χ0n) is 20.5. The van der Waals surface area contributed by atoms with E-state index in [1.807, 2.05) is 38.1 Å². The highest BCUT2D eigenvalue weighted by Gasteiger charge is 2.45. The third-order valence-corrected chi connectivity index (χ3v) is 6.22. The molecule has 0 spiro atoms. The maximum Gasteiger partial charge on any atom is 0.416 e. The maximum atomic E-state index is 13.6. The molecule has 2 saturated heterocycles. The van der Waals surface area contributed by atoms with Gasteiger partial charge in [-0.2, -0.15) is 13.2 Å². The van der Waals surface area contributed by atoms with Gasteiger partial charge in [0.25, 0.3) is 5.91 Å². The highest BCUT2D eigenvalue weighted by Crippen LogP contribution is 2.33. The highest BCUT2D eigenvalue weighted by atomic mass is 19.4. The number of hydrogen-bond donors (Lipinski definition) is 1. The number of amides is 1. The molecule has 0 aromatic heterocycles. The van der Waals surface area contributed by atoms with Crippen molar-refractivity contribution in [3.05, 3.63) is 54.1 Å². The lowest BCUT2D eigenvalue weighted by Crippen LogP contribution is -2.63. The van der Waals surface area contributed by atoms with Gasteiger partial charge in [0.15, 0.2) is 5.60 Å². The number of benzene rings is 2. The maximum absolute atomic E-state index is 13.6. The number of ether oxygens (including phenoxy) is 2. The molecule has 0 bridgehead atoms. The summed E-state index contributed by atoms with van der Waals surface area (Å²) in [5.41, 5.74) is -0.892. The predicted octanol–water partition coefficient (Wildman–Crippen LogP) is 4.59. The zero-order chi connectivity index (χ0) is 25.5. The first kappa shape index (κ1) is 26.7. The van der Waals surface area contributed by atoms with Gasteiger partial charge in [-0.05, 0) is 55.8 Å². The van der Waals surface area contributed by atoms with Crippen LogP contribution in [0.4, 0.5) is 18.9 Å². The molecule has 35 heavy (non-hydrogen) atoms. The fourth-order valence-electron chi connectivity index (χ4n) is 4.46. The van der Waals surface area contributed by atoms with Crippen molar-refractivity contribution in [2.24, 2.45) is 0 Å². The van der Waals surface area contributed by atoms with Crippen molar-refractivity contribution in [3.63, 3.8) is 0 Å². The lowest BCUT2D eigenvalue weighted by molar-refractivity contribution is -0.150. The second-order valence-corrected chi connectivity index (χ2v) is 8.35. The second kappa shape index (κ2) is 11.7. The van der Waals surface area contributed by atoms with E-state index < -0.39 is 17.3 Å². The van der Waals surface area contributed by atoms with E-state index >= 15 is 0 Å². The smallest absolute Gasteiger partial charge is 0.416 e. The fourth-order valence-corrected chi connectivity index (χ4v) is 4.46. The summed E-state index contributed by atoms with van der Waals surface area (Å²) in [6, 6.07) is 12.3. The van der Waals surface area contributed by atoms with Crippen molar-refractivity contribution < 1.29 is 27.4 Å². The number of halogens is 3. The number of carbonyl (C=O) groups excluding carboxylic acids is 1. The molecule has 1 unspecified atom stereocenters. The van der Waals surface area contributed by atoms with Gasteiger partial charge in [0, 0.05) is 32.7 Å². The molecule has 2 aliphatic heterocycles. The van der Waals surface area contributed by atoms with Crippen LogP contribution in [0, 0.1) is 0 Å². The Balaban J connectivity index is 0.00000167. The molecule has 192 valence electrons. The number of methoxy groups -OCH3 is 1. The minimum Gasteiger partial charge on any atom is -0.495 e. The Morgan fingerprint density at radius 1 is 1.00 bits per heavy atom. The normalized spacial score (nSPS) is 20.5. The average Bonchev–Trinajstić information content (AvgIpc) is 2.90. The van der Waals surface area contributed by atoms with Gasteiger partial charge in [-0.1, -0.05) is 26.0 Å². The Morgan fingerprint density at radius 2 is 1.66 bits per heavy atom. The third-order valence-electron chi connectivity index (χ3n) is 6.22. The molecule has 2 aromatic rings. The minimum atomic E-state index is -4.42. The molecule has 9 heteroatoms. The summed E-state index contributed by atoms with van der Waals surface area (Å²) >= 11 is 0. The van der Waals surface area contributed by atoms with Crippen LogP contribution >= 0.6 is 0 Å². The van der Waals surface area contributed by atoms with Crippen molar-refractivity contribution in [1.82, 2.24) is 10.2 Å². The molecular weight excluding hydrogens is 459 g/mol. The molecule has 1 amide bonds. The van der Waals surface area contributed by atoms with Crippen LogP contribution in [0.25, 0.3) is 0 Å². The van der Waals surface area contributed by atoms with Gasteiger partial charge < -0.3 is 24.6 Å². The number of carbonyl (C=O) groups is 1. The summed E-state index contributed by atoms with van der Waals surface area (Å²) in [6.45, 7) is 7.43. The van der Waals surface area contributed by atoms with Crippen LogP contribution in [0.3, 0.4) is 0 Å². The topological polar surface area (TPSA) is 54.0 Å². The molecule has 6 nitrogen and oxygen atoms in total. The van der Waals surface area contributed by atoms with Crippen LogP contribution in [0.5, 0.6) is 11.5 Å². The quantitative estimate of drug-likeness (QED) is 0.661. The van der Waals surface area contributed by atoms with Crippen LogP contribution < -0.4 is 19.7 Å². The highest BCUT2D eigenvalue weighted by molar-refractivity contribution is 5.86. The van der Waals surface area contributed by atoms with Crippen molar-refractivity contribution >= 4 is 11.6 Å². The molecular formula is C26H34F3N3O3. The molecule has 0 radical (unpaired) electrons. The van der Waals surface area contributed by atoms with Crippen molar-refractivity contribution in [2.45, 2.75) is 38.5 Å². The standard InChI is InChI=1S/C24H28F3N3O3.C2H6/c1-32-21-6-3-2-5-20(21)29-13-15-30(16-14-29)22(31)23(11-4-12-28-17-23)33-19-9-7-18(8-10-19)24(25,26)27;1-2/h2-3,5-10,28H,4,11-17H2,1H3;1-2H3. The van der Waals surface area contributed by atoms with Gasteiger partial charge in [0.2, 0.25) is 0 Å². The Kier molecular flexibility index (Phi) is 8.88. The van der Waals surface area contributed by atoms with Crippen LogP contribution in [0.15, 0.2) is 48.5 Å². The summed E-state index contributed by atoms with van der Waals surface area (Å²) < 4.78 is 50.3. The Bertz CT molecular complexity index is 952.